The Morgan fingerprint density at radius 2 is 0.917 bits per heavy atom. The number of hydrogen-bond donors (Lipinski definition) is 0. The molecule has 0 spiro atoms. The monoisotopic (exact) mass is 510 g/mol. The molecule has 0 amide bonds. The highest BCUT2D eigenvalue weighted by molar-refractivity contribution is 6.00. The molecule has 0 aliphatic carbocycles. The van der Waals surface area contributed by atoms with Gasteiger partial charge in [0.05, 0.1) is 0 Å². The van der Waals surface area contributed by atoms with Gasteiger partial charge in [0.2, 0.25) is 0 Å². The van der Waals surface area contributed by atoms with Gasteiger partial charge in [0.25, 0.3) is 0 Å². The molecule has 0 aliphatic rings. The van der Waals surface area contributed by atoms with E-state index in [4.69, 9.17) is 9.78 Å². The van der Waals surface area contributed by atoms with Crippen LogP contribution in [-0.4, -0.2) is 23.5 Å². The minimum absolute atomic E-state index is 0.0824. The highest BCUT2D eigenvalue weighted by Gasteiger charge is 2.34. The minimum atomic E-state index is -0.961. The summed E-state index contributed by atoms with van der Waals surface area (Å²) in [6.07, 6.45) is 6.02. The first-order valence-electron chi connectivity index (χ1n) is 14.0. The molecular weight excluding hydrogens is 456 g/mol. The Morgan fingerprint density at radius 3 is 1.17 bits per heavy atom. The Kier molecular flexibility index (Phi) is 15.4. The van der Waals surface area contributed by atoms with Gasteiger partial charge in [-0.2, -0.15) is 0 Å². The van der Waals surface area contributed by atoms with E-state index in [1.165, 1.54) is 0 Å². The maximum atomic E-state index is 13.0. The van der Waals surface area contributed by atoms with E-state index < -0.39 is 23.8 Å². The van der Waals surface area contributed by atoms with Gasteiger partial charge in [0.1, 0.15) is 23.4 Å². The molecule has 4 unspecified atom stereocenters. The predicted molar refractivity (Wildman–Crippen MR) is 144 cm³/mol. The van der Waals surface area contributed by atoms with E-state index in [0.717, 1.165) is 25.7 Å². The second-order valence-electron chi connectivity index (χ2n) is 13.3. The third kappa shape index (κ3) is 15.4. The molecule has 0 aromatic carbocycles. The summed E-state index contributed by atoms with van der Waals surface area (Å²) in [5.41, 5.74) is 0.165. The number of carbonyl (C=O) groups is 4. The van der Waals surface area contributed by atoms with E-state index in [0.29, 0.717) is 25.7 Å². The van der Waals surface area contributed by atoms with Gasteiger partial charge in [-0.05, 0) is 48.3 Å². The zero-order valence-electron chi connectivity index (χ0n) is 24.8. The number of unbranched alkanes of at least 4 members (excludes halogenated alkanes) is 2. The molecule has 6 nitrogen and oxygen atoms in total. The van der Waals surface area contributed by atoms with E-state index in [-0.39, 0.29) is 47.1 Å². The Balaban J connectivity index is 5.24. The van der Waals surface area contributed by atoms with Crippen LogP contribution in [0.4, 0.5) is 0 Å². The van der Waals surface area contributed by atoms with Crippen molar-refractivity contribution in [3.05, 3.63) is 0 Å². The summed E-state index contributed by atoms with van der Waals surface area (Å²) < 4.78 is 0. The van der Waals surface area contributed by atoms with E-state index in [1.54, 1.807) is 0 Å². The van der Waals surface area contributed by atoms with Crippen LogP contribution < -0.4 is 0 Å². The molecule has 36 heavy (non-hydrogen) atoms. The van der Waals surface area contributed by atoms with Crippen molar-refractivity contribution in [2.45, 2.75) is 133 Å². The summed E-state index contributed by atoms with van der Waals surface area (Å²) >= 11 is 0. The number of ketones is 2. The van der Waals surface area contributed by atoms with Crippen LogP contribution in [0, 0.1) is 34.5 Å². The smallest absolute Gasteiger partial charge is 0.299 e. The predicted octanol–water partition coefficient (Wildman–Crippen LogP) is 7.66. The molecule has 0 saturated carbocycles. The average Bonchev–Trinajstić information content (AvgIpc) is 2.69. The van der Waals surface area contributed by atoms with Crippen molar-refractivity contribution in [1.82, 2.24) is 0 Å². The van der Waals surface area contributed by atoms with E-state index in [9.17, 15) is 19.2 Å². The number of Topliss-reactive ketones (excluding diaryl/α,β-unsaturated/α-hetero) is 2. The van der Waals surface area contributed by atoms with Gasteiger partial charge in [0.15, 0.2) is 0 Å². The van der Waals surface area contributed by atoms with Gasteiger partial charge < -0.3 is 0 Å². The topological polar surface area (TPSA) is 86.7 Å². The number of carbonyl (C=O) groups excluding carboxylic acids is 4. The zero-order valence-corrected chi connectivity index (χ0v) is 24.8. The molecule has 0 radical (unpaired) electrons. The summed E-state index contributed by atoms with van der Waals surface area (Å²) in [6, 6.07) is 0. The molecule has 0 rings (SSSR count). The number of rotatable bonds is 16. The van der Waals surface area contributed by atoms with Gasteiger partial charge >= 0.3 is 11.9 Å². The molecule has 0 fully saturated rings. The molecule has 0 saturated heterocycles. The van der Waals surface area contributed by atoms with E-state index in [2.05, 4.69) is 41.5 Å². The summed E-state index contributed by atoms with van der Waals surface area (Å²) in [5, 5.41) is 0. The lowest BCUT2D eigenvalue weighted by atomic mass is 9.81. The van der Waals surface area contributed by atoms with E-state index in [1.807, 2.05) is 27.7 Å². The van der Waals surface area contributed by atoms with Crippen LogP contribution >= 0.6 is 0 Å². The SMILES string of the molecule is CCCCC(C(=O)CC(C)CC(C)(C)C)C(=O)OOC(=O)C(CCCC)C(=O)CC(C)CC(C)(C)C. The lowest BCUT2D eigenvalue weighted by molar-refractivity contribution is -0.264. The Bertz CT molecular complexity index is 637. The third-order valence-corrected chi connectivity index (χ3v) is 6.27. The summed E-state index contributed by atoms with van der Waals surface area (Å²) in [7, 11) is 0. The number of hydrogen-bond acceptors (Lipinski definition) is 6. The van der Waals surface area contributed by atoms with Gasteiger partial charge in [-0.3, -0.25) is 9.59 Å². The fraction of sp³-hybridized carbons (Fsp3) is 0.867. The van der Waals surface area contributed by atoms with E-state index >= 15 is 0 Å². The Morgan fingerprint density at radius 1 is 0.611 bits per heavy atom. The van der Waals surface area contributed by atoms with Crippen molar-refractivity contribution in [3.63, 3.8) is 0 Å². The van der Waals surface area contributed by atoms with Crippen LogP contribution in [0.15, 0.2) is 0 Å². The van der Waals surface area contributed by atoms with Crippen molar-refractivity contribution < 1.29 is 29.0 Å². The van der Waals surface area contributed by atoms with Crippen molar-refractivity contribution in [2.24, 2.45) is 34.5 Å². The van der Waals surface area contributed by atoms with Crippen molar-refractivity contribution >= 4 is 23.5 Å². The lowest BCUT2D eigenvalue weighted by Gasteiger charge is -2.24. The van der Waals surface area contributed by atoms with Crippen LogP contribution in [0.1, 0.15) is 133 Å². The van der Waals surface area contributed by atoms with Crippen molar-refractivity contribution in [2.75, 3.05) is 0 Å². The lowest BCUT2D eigenvalue weighted by Crippen LogP contribution is -2.32. The molecule has 4 atom stereocenters. The summed E-state index contributed by atoms with van der Waals surface area (Å²) in [4.78, 5) is 61.3. The maximum Gasteiger partial charge on any atom is 0.365 e. The third-order valence-electron chi connectivity index (χ3n) is 6.27. The molecule has 0 aliphatic heterocycles. The Hall–Kier alpha value is -1.72. The normalized spacial score (nSPS) is 15.5. The zero-order chi connectivity index (χ0) is 28.1. The second-order valence-corrected chi connectivity index (χ2v) is 13.3. The fourth-order valence-corrected chi connectivity index (χ4v) is 5.04. The van der Waals surface area contributed by atoms with Crippen molar-refractivity contribution in [3.8, 4) is 0 Å². The summed E-state index contributed by atoms with van der Waals surface area (Å²) in [6.45, 7) is 20.7. The first-order chi connectivity index (χ1) is 16.5. The highest BCUT2D eigenvalue weighted by Crippen LogP contribution is 2.29. The van der Waals surface area contributed by atoms with Crippen LogP contribution in [-0.2, 0) is 29.0 Å². The van der Waals surface area contributed by atoms with Crippen LogP contribution in [0.5, 0.6) is 0 Å². The standard InChI is InChI=1S/C30H54O6/c1-11-13-15-23(25(31)17-21(3)19-29(5,6)7)27(33)35-36-28(34)24(16-14-12-2)26(32)18-22(4)20-30(8,9)10/h21-24H,11-20H2,1-10H3. The first kappa shape index (κ1) is 34.3. The largest absolute Gasteiger partial charge is 0.365 e. The molecule has 0 aromatic heterocycles. The highest BCUT2D eigenvalue weighted by atomic mass is 17.2. The quantitative estimate of drug-likeness (QED) is 0.120. The first-order valence-corrected chi connectivity index (χ1v) is 14.0. The second kappa shape index (κ2) is 16.2. The molecule has 0 heterocycles. The minimum Gasteiger partial charge on any atom is -0.299 e. The molecule has 0 bridgehead atoms. The van der Waals surface area contributed by atoms with Crippen LogP contribution in [0.25, 0.3) is 0 Å². The maximum absolute atomic E-state index is 13.0. The Labute approximate surface area is 220 Å². The van der Waals surface area contributed by atoms with Gasteiger partial charge in [-0.1, -0.05) is 94.9 Å². The van der Waals surface area contributed by atoms with Crippen molar-refractivity contribution in [1.29, 1.82) is 0 Å². The average molecular weight is 511 g/mol. The fourth-order valence-electron chi connectivity index (χ4n) is 5.04. The van der Waals surface area contributed by atoms with Crippen LogP contribution in [0.3, 0.4) is 0 Å². The molecular formula is C30H54O6. The molecule has 0 aromatic rings. The molecule has 210 valence electrons. The molecule has 6 heteroatoms. The summed E-state index contributed by atoms with van der Waals surface area (Å²) in [5.74, 6) is -3.72. The van der Waals surface area contributed by atoms with Gasteiger partial charge in [0, 0.05) is 12.8 Å². The van der Waals surface area contributed by atoms with Gasteiger partial charge in [-0.15, -0.1) is 0 Å². The van der Waals surface area contributed by atoms with Gasteiger partial charge in [-0.25, -0.2) is 19.4 Å². The molecule has 0 N–H and O–H groups in total. The van der Waals surface area contributed by atoms with Crippen LogP contribution in [0.2, 0.25) is 0 Å².